The number of carbonyl (C=O) groups excluding carboxylic acids is 1. The molecule has 174 valence electrons. The summed E-state index contributed by atoms with van der Waals surface area (Å²) in [6, 6.07) is 23.8. The molecule has 1 unspecified atom stereocenters. The number of nitrogens with zero attached hydrogens (tertiary/aromatic N) is 3. The molecule has 1 aromatic heterocycles. The Morgan fingerprint density at radius 3 is 2.44 bits per heavy atom. The van der Waals surface area contributed by atoms with E-state index in [-0.39, 0.29) is 11.6 Å². The predicted molar refractivity (Wildman–Crippen MR) is 132 cm³/mol. The van der Waals surface area contributed by atoms with Crippen molar-refractivity contribution in [2.75, 3.05) is 11.9 Å². The normalized spacial score (nSPS) is 11.7. The van der Waals surface area contributed by atoms with Crippen molar-refractivity contribution >= 4 is 23.4 Å². The van der Waals surface area contributed by atoms with Gasteiger partial charge in [-0.1, -0.05) is 54.2 Å². The molecule has 0 fully saturated rings. The zero-order chi connectivity index (χ0) is 23.9. The minimum atomic E-state index is -0.533. The third-order valence-electron chi connectivity index (χ3n) is 5.09. The number of amides is 1. The van der Waals surface area contributed by atoms with Crippen molar-refractivity contribution in [3.05, 3.63) is 96.1 Å². The van der Waals surface area contributed by atoms with Gasteiger partial charge in [-0.2, -0.15) is 0 Å². The van der Waals surface area contributed by atoms with Crippen LogP contribution >= 0.6 is 11.8 Å². The number of anilines is 1. The lowest BCUT2D eigenvalue weighted by Gasteiger charge is -2.15. The molecule has 1 N–H and O–H groups in total. The molecular weight excluding hydrogens is 451 g/mol. The van der Waals surface area contributed by atoms with Crippen LogP contribution in [0.25, 0.3) is 5.69 Å². The SMILES string of the molecule is CCOc1ccc(-n2c(Cc3ccccc3)nnc2SC(C)C(=O)Nc2ccccc2F)cc1. The minimum absolute atomic E-state index is 0.151. The Balaban J connectivity index is 1.61. The maximum Gasteiger partial charge on any atom is 0.237 e. The molecule has 1 amide bonds. The molecule has 0 aliphatic rings. The fourth-order valence-electron chi connectivity index (χ4n) is 3.40. The van der Waals surface area contributed by atoms with Gasteiger partial charge in [0.1, 0.15) is 17.4 Å². The maximum absolute atomic E-state index is 14.0. The number of hydrogen-bond donors (Lipinski definition) is 1. The van der Waals surface area contributed by atoms with Crippen molar-refractivity contribution in [1.82, 2.24) is 14.8 Å². The molecular formula is C26H25FN4O2S. The van der Waals surface area contributed by atoms with Crippen molar-refractivity contribution in [1.29, 1.82) is 0 Å². The van der Waals surface area contributed by atoms with Crippen LogP contribution < -0.4 is 10.1 Å². The zero-order valence-corrected chi connectivity index (χ0v) is 19.8. The summed E-state index contributed by atoms with van der Waals surface area (Å²) >= 11 is 1.27. The smallest absolute Gasteiger partial charge is 0.237 e. The topological polar surface area (TPSA) is 69.0 Å². The van der Waals surface area contributed by atoms with Crippen molar-refractivity contribution in [2.45, 2.75) is 30.7 Å². The number of hydrogen-bond acceptors (Lipinski definition) is 5. The lowest BCUT2D eigenvalue weighted by Crippen LogP contribution is -2.23. The Kier molecular flexibility index (Phi) is 7.59. The van der Waals surface area contributed by atoms with E-state index in [2.05, 4.69) is 15.5 Å². The molecule has 34 heavy (non-hydrogen) atoms. The molecule has 1 heterocycles. The number of benzene rings is 3. The van der Waals surface area contributed by atoms with Gasteiger partial charge in [-0.3, -0.25) is 9.36 Å². The maximum atomic E-state index is 14.0. The van der Waals surface area contributed by atoms with E-state index in [0.717, 1.165) is 22.8 Å². The van der Waals surface area contributed by atoms with Gasteiger partial charge in [-0.05, 0) is 55.8 Å². The molecule has 3 aromatic carbocycles. The van der Waals surface area contributed by atoms with Gasteiger partial charge < -0.3 is 10.1 Å². The van der Waals surface area contributed by atoms with Gasteiger partial charge >= 0.3 is 0 Å². The summed E-state index contributed by atoms with van der Waals surface area (Å²) in [6.45, 7) is 4.28. The largest absolute Gasteiger partial charge is 0.494 e. The highest BCUT2D eigenvalue weighted by Crippen LogP contribution is 2.28. The van der Waals surface area contributed by atoms with E-state index in [0.29, 0.717) is 18.2 Å². The quantitative estimate of drug-likeness (QED) is 0.322. The van der Waals surface area contributed by atoms with Crippen LogP contribution in [0.15, 0.2) is 84.0 Å². The zero-order valence-electron chi connectivity index (χ0n) is 18.9. The Morgan fingerprint density at radius 2 is 1.74 bits per heavy atom. The van der Waals surface area contributed by atoms with Gasteiger partial charge in [0.05, 0.1) is 17.5 Å². The highest BCUT2D eigenvalue weighted by molar-refractivity contribution is 8.00. The van der Waals surface area contributed by atoms with E-state index in [9.17, 15) is 9.18 Å². The average Bonchev–Trinajstić information content (AvgIpc) is 3.23. The number of thioether (sulfide) groups is 1. The van der Waals surface area contributed by atoms with Crippen LogP contribution in [0.2, 0.25) is 0 Å². The minimum Gasteiger partial charge on any atom is -0.494 e. The number of ether oxygens (including phenoxy) is 1. The first-order valence-corrected chi connectivity index (χ1v) is 11.9. The van der Waals surface area contributed by atoms with Crippen LogP contribution in [0.3, 0.4) is 0 Å². The van der Waals surface area contributed by atoms with E-state index >= 15 is 0 Å². The van der Waals surface area contributed by atoms with E-state index in [1.165, 1.54) is 23.9 Å². The third-order valence-corrected chi connectivity index (χ3v) is 6.14. The number of para-hydroxylation sites is 1. The van der Waals surface area contributed by atoms with Crippen LogP contribution in [0, 0.1) is 5.82 Å². The molecule has 4 rings (SSSR count). The second-order valence-corrected chi connectivity index (χ2v) is 8.86. The summed E-state index contributed by atoms with van der Waals surface area (Å²) in [4.78, 5) is 12.8. The van der Waals surface area contributed by atoms with Crippen LogP contribution in [-0.2, 0) is 11.2 Å². The van der Waals surface area contributed by atoms with Gasteiger partial charge in [0.2, 0.25) is 5.91 Å². The Hall–Kier alpha value is -3.65. The monoisotopic (exact) mass is 476 g/mol. The first-order chi connectivity index (χ1) is 16.5. The highest BCUT2D eigenvalue weighted by Gasteiger charge is 2.22. The average molecular weight is 477 g/mol. The number of rotatable bonds is 9. The first-order valence-electron chi connectivity index (χ1n) is 11.0. The third kappa shape index (κ3) is 5.63. The van der Waals surface area contributed by atoms with Crippen LogP contribution in [0.1, 0.15) is 25.2 Å². The molecule has 0 aliphatic heterocycles. The second-order valence-electron chi connectivity index (χ2n) is 7.55. The van der Waals surface area contributed by atoms with E-state index < -0.39 is 11.1 Å². The molecule has 0 radical (unpaired) electrons. The predicted octanol–water partition coefficient (Wildman–Crippen LogP) is 5.52. The molecule has 0 saturated carbocycles. The van der Waals surface area contributed by atoms with Gasteiger partial charge in [-0.15, -0.1) is 10.2 Å². The number of aromatic nitrogens is 3. The molecule has 0 aliphatic carbocycles. The van der Waals surface area contributed by atoms with Crippen molar-refractivity contribution in [3.8, 4) is 11.4 Å². The summed E-state index contributed by atoms with van der Waals surface area (Å²) in [5, 5.41) is 11.5. The molecule has 6 nitrogen and oxygen atoms in total. The summed E-state index contributed by atoms with van der Waals surface area (Å²) in [5.41, 5.74) is 2.12. The number of nitrogens with one attached hydrogen (secondary N) is 1. The van der Waals surface area contributed by atoms with Crippen LogP contribution in [-0.4, -0.2) is 32.5 Å². The van der Waals surface area contributed by atoms with Gasteiger partial charge in [0.15, 0.2) is 5.16 Å². The lowest BCUT2D eigenvalue weighted by molar-refractivity contribution is -0.115. The Bertz CT molecular complexity index is 1250. The summed E-state index contributed by atoms with van der Waals surface area (Å²) in [5.74, 6) is 0.729. The molecule has 0 spiro atoms. The first kappa shape index (κ1) is 23.5. The fourth-order valence-corrected chi connectivity index (χ4v) is 4.28. The molecule has 1 atom stereocenters. The highest BCUT2D eigenvalue weighted by atomic mass is 32.2. The number of halogens is 1. The van der Waals surface area contributed by atoms with Gasteiger partial charge in [0, 0.05) is 12.1 Å². The standard InChI is InChI=1S/C26H25FN4O2S/c1-3-33-21-15-13-20(14-16-21)31-24(17-19-9-5-4-6-10-19)29-30-26(31)34-18(2)25(32)28-23-12-8-7-11-22(23)27/h4-16,18H,3,17H2,1-2H3,(H,28,32). The molecule has 8 heteroatoms. The van der Waals surface area contributed by atoms with Crippen molar-refractivity contribution in [3.63, 3.8) is 0 Å². The Labute approximate surface area is 202 Å². The molecule has 0 bridgehead atoms. The lowest BCUT2D eigenvalue weighted by atomic mass is 10.1. The van der Waals surface area contributed by atoms with Gasteiger partial charge in [-0.25, -0.2) is 4.39 Å². The molecule has 4 aromatic rings. The molecule has 0 saturated heterocycles. The van der Waals surface area contributed by atoms with E-state index in [4.69, 9.17) is 4.74 Å². The van der Waals surface area contributed by atoms with Crippen LogP contribution in [0.4, 0.5) is 10.1 Å². The Morgan fingerprint density at radius 1 is 1.03 bits per heavy atom. The van der Waals surface area contributed by atoms with E-state index in [1.807, 2.05) is 66.1 Å². The van der Waals surface area contributed by atoms with Crippen LogP contribution in [0.5, 0.6) is 5.75 Å². The summed E-state index contributed by atoms with van der Waals surface area (Å²) in [6.07, 6.45) is 0.581. The van der Waals surface area contributed by atoms with E-state index in [1.54, 1.807) is 19.1 Å². The van der Waals surface area contributed by atoms with Crippen molar-refractivity contribution < 1.29 is 13.9 Å². The van der Waals surface area contributed by atoms with Gasteiger partial charge in [0.25, 0.3) is 0 Å². The number of carbonyl (C=O) groups is 1. The van der Waals surface area contributed by atoms with Crippen molar-refractivity contribution in [2.24, 2.45) is 0 Å². The second kappa shape index (κ2) is 11.0. The summed E-state index contributed by atoms with van der Waals surface area (Å²) < 4.78 is 21.5. The summed E-state index contributed by atoms with van der Waals surface area (Å²) in [7, 11) is 0. The fraction of sp³-hybridized carbons (Fsp3) is 0.192.